The molecule has 1 aromatic heterocycles. The third-order valence-electron chi connectivity index (χ3n) is 2.16. The molecule has 0 spiro atoms. The molecular formula is C10H10BrFN4. The van der Waals surface area contributed by atoms with Crippen molar-refractivity contribution in [1.29, 1.82) is 0 Å². The Balaban J connectivity index is 2.42. The predicted octanol–water partition coefficient (Wildman–Crippen LogP) is 2.52. The van der Waals surface area contributed by atoms with E-state index in [1.165, 1.54) is 6.07 Å². The molecule has 0 aliphatic heterocycles. The smallest absolute Gasteiger partial charge is 0.156 e. The van der Waals surface area contributed by atoms with Crippen LogP contribution < -0.4 is 0 Å². The van der Waals surface area contributed by atoms with Crippen LogP contribution in [0.5, 0.6) is 0 Å². The minimum Gasteiger partial charge on any atom is -0.206 e. The Morgan fingerprint density at radius 3 is 2.94 bits per heavy atom. The van der Waals surface area contributed by atoms with Crippen molar-refractivity contribution in [2.75, 3.05) is 0 Å². The summed E-state index contributed by atoms with van der Waals surface area (Å²) in [7, 11) is 0. The second kappa shape index (κ2) is 4.69. The van der Waals surface area contributed by atoms with Crippen LogP contribution in [0.2, 0.25) is 0 Å². The maximum absolute atomic E-state index is 13.1. The fraction of sp³-hybridized carbons (Fsp3) is 0.300. The lowest BCUT2D eigenvalue weighted by atomic mass is 10.3. The standard InChI is InChI=1S/C10H10BrFN4/c1-2-3-10-13-14-15-16(10)7-4-5-9(12)8(11)6-7/h4-6H,2-3H2,1H3. The molecule has 0 bridgehead atoms. The lowest BCUT2D eigenvalue weighted by molar-refractivity contribution is 0.619. The van der Waals surface area contributed by atoms with E-state index < -0.39 is 0 Å². The van der Waals surface area contributed by atoms with Crippen LogP contribution in [-0.2, 0) is 6.42 Å². The van der Waals surface area contributed by atoms with Gasteiger partial charge in [0.05, 0.1) is 10.2 Å². The Hall–Kier alpha value is -1.30. The molecule has 0 saturated heterocycles. The molecule has 4 nitrogen and oxygen atoms in total. The van der Waals surface area contributed by atoms with Crippen LogP contribution in [-0.4, -0.2) is 20.2 Å². The van der Waals surface area contributed by atoms with Gasteiger partial charge in [-0.05, 0) is 51.0 Å². The molecular weight excluding hydrogens is 275 g/mol. The highest BCUT2D eigenvalue weighted by atomic mass is 79.9. The Labute approximate surface area is 101 Å². The topological polar surface area (TPSA) is 43.6 Å². The van der Waals surface area contributed by atoms with Crippen LogP contribution >= 0.6 is 15.9 Å². The summed E-state index contributed by atoms with van der Waals surface area (Å²) >= 11 is 3.14. The first-order valence-electron chi connectivity index (χ1n) is 4.95. The fourth-order valence-electron chi connectivity index (χ4n) is 1.40. The molecule has 0 saturated carbocycles. The monoisotopic (exact) mass is 284 g/mol. The highest BCUT2D eigenvalue weighted by molar-refractivity contribution is 9.10. The van der Waals surface area contributed by atoms with E-state index in [9.17, 15) is 4.39 Å². The summed E-state index contributed by atoms with van der Waals surface area (Å²) in [5.74, 6) is 0.481. The van der Waals surface area contributed by atoms with Crippen molar-refractivity contribution in [2.24, 2.45) is 0 Å². The normalized spacial score (nSPS) is 10.7. The molecule has 0 unspecified atom stereocenters. The molecule has 0 N–H and O–H groups in total. The van der Waals surface area contributed by atoms with E-state index in [1.807, 2.05) is 0 Å². The zero-order chi connectivity index (χ0) is 11.5. The van der Waals surface area contributed by atoms with Crippen LogP contribution in [0.3, 0.4) is 0 Å². The third-order valence-corrected chi connectivity index (χ3v) is 2.76. The number of hydrogen-bond donors (Lipinski definition) is 0. The number of rotatable bonds is 3. The molecule has 1 aromatic carbocycles. The minimum absolute atomic E-state index is 0.297. The molecule has 0 atom stereocenters. The largest absolute Gasteiger partial charge is 0.206 e. The number of aryl methyl sites for hydroxylation is 1. The molecule has 6 heteroatoms. The van der Waals surface area contributed by atoms with Crippen LogP contribution in [0, 0.1) is 5.82 Å². The first kappa shape index (κ1) is 11.2. The van der Waals surface area contributed by atoms with Crippen LogP contribution in [0.25, 0.3) is 5.69 Å². The highest BCUT2D eigenvalue weighted by Gasteiger charge is 2.08. The molecule has 2 rings (SSSR count). The second-order valence-electron chi connectivity index (χ2n) is 3.36. The number of tetrazole rings is 1. The van der Waals surface area contributed by atoms with Crippen LogP contribution in [0.4, 0.5) is 4.39 Å². The Kier molecular flexibility index (Phi) is 3.28. The minimum atomic E-state index is -0.297. The third kappa shape index (κ3) is 2.11. The summed E-state index contributed by atoms with van der Waals surface area (Å²) < 4.78 is 15.1. The van der Waals surface area contributed by atoms with Crippen molar-refractivity contribution < 1.29 is 4.39 Å². The number of hydrogen-bond acceptors (Lipinski definition) is 3. The van der Waals surface area contributed by atoms with Gasteiger partial charge in [0, 0.05) is 6.42 Å². The first-order chi connectivity index (χ1) is 7.72. The molecule has 0 amide bonds. The van der Waals surface area contributed by atoms with Gasteiger partial charge in [-0.25, -0.2) is 4.39 Å². The summed E-state index contributed by atoms with van der Waals surface area (Å²) in [5.41, 5.74) is 0.752. The van der Waals surface area contributed by atoms with E-state index in [0.717, 1.165) is 24.4 Å². The van der Waals surface area contributed by atoms with Crippen molar-refractivity contribution in [3.8, 4) is 5.69 Å². The van der Waals surface area contributed by atoms with E-state index in [4.69, 9.17) is 0 Å². The average Bonchev–Trinajstić information content (AvgIpc) is 2.71. The zero-order valence-corrected chi connectivity index (χ0v) is 10.3. The van der Waals surface area contributed by atoms with Crippen molar-refractivity contribution in [2.45, 2.75) is 19.8 Å². The Bertz CT molecular complexity index is 497. The SMILES string of the molecule is CCCc1nnnn1-c1ccc(F)c(Br)c1. The van der Waals surface area contributed by atoms with Gasteiger partial charge < -0.3 is 0 Å². The van der Waals surface area contributed by atoms with Crippen molar-refractivity contribution in [3.63, 3.8) is 0 Å². The molecule has 16 heavy (non-hydrogen) atoms. The molecule has 84 valence electrons. The molecule has 0 radical (unpaired) electrons. The van der Waals surface area contributed by atoms with Gasteiger partial charge in [0.25, 0.3) is 0 Å². The summed E-state index contributed by atoms with van der Waals surface area (Å²) in [5, 5.41) is 11.4. The number of aromatic nitrogens is 4. The van der Waals surface area contributed by atoms with Crippen molar-refractivity contribution in [3.05, 3.63) is 34.3 Å². The Morgan fingerprint density at radius 2 is 2.25 bits per heavy atom. The predicted molar refractivity (Wildman–Crippen MR) is 60.8 cm³/mol. The van der Waals surface area contributed by atoms with E-state index >= 15 is 0 Å². The maximum atomic E-state index is 13.1. The molecule has 0 aliphatic carbocycles. The van der Waals surface area contributed by atoms with Gasteiger partial charge in [0.1, 0.15) is 5.82 Å². The van der Waals surface area contributed by atoms with Gasteiger partial charge in [-0.15, -0.1) is 5.10 Å². The fourth-order valence-corrected chi connectivity index (χ4v) is 1.77. The quantitative estimate of drug-likeness (QED) is 0.870. The number of benzene rings is 1. The highest BCUT2D eigenvalue weighted by Crippen LogP contribution is 2.19. The maximum Gasteiger partial charge on any atom is 0.156 e. The van der Waals surface area contributed by atoms with Crippen molar-refractivity contribution in [1.82, 2.24) is 20.2 Å². The van der Waals surface area contributed by atoms with Gasteiger partial charge in [0.15, 0.2) is 5.82 Å². The summed E-state index contributed by atoms with van der Waals surface area (Å²) in [6.07, 6.45) is 1.75. The molecule has 0 fully saturated rings. The molecule has 2 aromatic rings. The molecule has 0 aliphatic rings. The lowest BCUT2D eigenvalue weighted by Crippen LogP contribution is -2.03. The number of nitrogens with zero attached hydrogens (tertiary/aromatic N) is 4. The summed E-state index contributed by atoms with van der Waals surface area (Å²) in [6, 6.07) is 4.69. The van der Waals surface area contributed by atoms with E-state index in [-0.39, 0.29) is 5.82 Å². The summed E-state index contributed by atoms with van der Waals surface area (Å²) in [6.45, 7) is 2.06. The zero-order valence-electron chi connectivity index (χ0n) is 8.69. The van der Waals surface area contributed by atoms with E-state index in [1.54, 1.807) is 16.8 Å². The van der Waals surface area contributed by atoms with Crippen molar-refractivity contribution >= 4 is 15.9 Å². The van der Waals surface area contributed by atoms with Gasteiger partial charge in [-0.2, -0.15) is 4.68 Å². The van der Waals surface area contributed by atoms with Crippen LogP contribution in [0.15, 0.2) is 22.7 Å². The van der Waals surface area contributed by atoms with E-state index in [2.05, 4.69) is 38.4 Å². The van der Waals surface area contributed by atoms with Crippen LogP contribution in [0.1, 0.15) is 19.2 Å². The second-order valence-corrected chi connectivity index (χ2v) is 4.21. The number of halogens is 2. The average molecular weight is 285 g/mol. The van der Waals surface area contributed by atoms with Gasteiger partial charge >= 0.3 is 0 Å². The van der Waals surface area contributed by atoms with Gasteiger partial charge in [0.2, 0.25) is 0 Å². The molecule has 1 heterocycles. The Morgan fingerprint density at radius 1 is 1.44 bits per heavy atom. The van der Waals surface area contributed by atoms with Gasteiger partial charge in [-0.1, -0.05) is 6.92 Å². The lowest BCUT2D eigenvalue weighted by Gasteiger charge is -2.04. The first-order valence-corrected chi connectivity index (χ1v) is 5.74. The summed E-state index contributed by atoms with van der Waals surface area (Å²) in [4.78, 5) is 0. The van der Waals surface area contributed by atoms with E-state index in [0.29, 0.717) is 4.47 Å². The van der Waals surface area contributed by atoms with Gasteiger partial charge in [-0.3, -0.25) is 0 Å².